The predicted molar refractivity (Wildman–Crippen MR) is 107 cm³/mol. The van der Waals surface area contributed by atoms with Crippen LogP contribution in [0.5, 0.6) is 0 Å². The molecule has 3 aliphatic rings. The molecule has 10 nitrogen and oxygen atoms in total. The third kappa shape index (κ3) is 3.44. The molecule has 4 N–H and O–H groups in total. The van der Waals surface area contributed by atoms with Crippen LogP contribution in [0.15, 0.2) is 11.4 Å². The van der Waals surface area contributed by atoms with Gasteiger partial charge < -0.3 is 25.9 Å². The Bertz CT molecular complexity index is 897. The summed E-state index contributed by atoms with van der Waals surface area (Å²) in [5, 5.41) is 16.0. The first-order valence-electron chi connectivity index (χ1n) is 9.18. The molecular weight excluding hydrogens is 418 g/mol. The Balaban J connectivity index is 1.51. The van der Waals surface area contributed by atoms with Crippen LogP contribution in [-0.2, 0) is 19.2 Å². The molecule has 3 fully saturated rings. The summed E-state index contributed by atoms with van der Waals surface area (Å²) < 4.78 is -0.665. The molecule has 0 spiro atoms. The van der Waals surface area contributed by atoms with Gasteiger partial charge in [-0.15, -0.1) is 11.8 Å². The minimum atomic E-state index is -1.06. The highest BCUT2D eigenvalue weighted by Crippen LogP contribution is 2.50. The number of thiazole rings is 1. The average molecular weight is 440 g/mol. The number of aromatic nitrogens is 1. The number of fused-ring (bicyclic) bond motifs is 1. The first-order valence-corrected chi connectivity index (χ1v) is 10.9. The van der Waals surface area contributed by atoms with Crippen LogP contribution in [0.3, 0.4) is 0 Å². The fourth-order valence-corrected chi connectivity index (χ4v) is 5.84. The lowest BCUT2D eigenvalue weighted by Gasteiger charge is -2.43. The number of thioether (sulfide) groups is 1. The first kappa shape index (κ1) is 20.0. The van der Waals surface area contributed by atoms with Crippen LogP contribution < -0.4 is 11.1 Å². The molecule has 12 heteroatoms. The standard InChI is InChI=1S/C17H21N5O5S2/c1-17(2)11(15(25)26)22-13(24)10(14(22)29-17)20-12(23)9(8-6-19-16(18)28-8)21-27-7-4-3-5-7/h6-7,10-11,14H,3-5H2,1-2H3,(H2,18,19)(H,20,23)(H,25,26)/b21-9+/t10-,11+,14-/m1/s1. The first-order chi connectivity index (χ1) is 13.7. The SMILES string of the molecule is CC1(C)S[C@@H]2[C@H](NC(=O)/C(=N/OC3CCC3)c3cnc(N)s3)C(=O)N2[C@H]1C(=O)O. The highest BCUT2D eigenvalue weighted by molar-refractivity contribution is 8.01. The van der Waals surface area contributed by atoms with Gasteiger partial charge >= 0.3 is 5.97 Å². The number of β-lactam (4-membered cyclic amide) rings is 1. The molecule has 3 atom stereocenters. The number of carboxylic acid groups (broad SMARTS) is 1. The number of amides is 2. The lowest BCUT2D eigenvalue weighted by atomic mass is 9.96. The van der Waals surface area contributed by atoms with Gasteiger partial charge in [0.15, 0.2) is 10.8 Å². The summed E-state index contributed by atoms with van der Waals surface area (Å²) in [5.74, 6) is -2.06. The molecule has 0 bridgehead atoms. The number of nitrogen functional groups attached to an aromatic ring is 1. The zero-order valence-corrected chi connectivity index (χ0v) is 17.5. The van der Waals surface area contributed by atoms with Crippen LogP contribution in [0.4, 0.5) is 5.13 Å². The van der Waals surface area contributed by atoms with E-state index in [2.05, 4.69) is 15.5 Å². The fourth-order valence-electron chi connectivity index (χ4n) is 3.55. The molecule has 1 aromatic rings. The van der Waals surface area contributed by atoms with Gasteiger partial charge in [-0.2, -0.15) is 0 Å². The van der Waals surface area contributed by atoms with Crippen molar-refractivity contribution in [2.45, 2.75) is 61.4 Å². The topological polar surface area (TPSA) is 147 Å². The van der Waals surface area contributed by atoms with Gasteiger partial charge in [0.1, 0.15) is 23.6 Å². The summed E-state index contributed by atoms with van der Waals surface area (Å²) in [6.07, 6.45) is 4.23. The van der Waals surface area contributed by atoms with E-state index in [1.54, 1.807) is 13.8 Å². The highest BCUT2D eigenvalue weighted by atomic mass is 32.2. The average Bonchev–Trinajstić information content (AvgIpc) is 3.13. The number of hydrogen-bond acceptors (Lipinski definition) is 9. The van der Waals surface area contributed by atoms with Crippen molar-refractivity contribution < 1.29 is 24.3 Å². The molecule has 29 heavy (non-hydrogen) atoms. The minimum absolute atomic E-state index is 0.00870. The Kier molecular flexibility index (Phi) is 4.93. The molecule has 1 aromatic heterocycles. The maximum Gasteiger partial charge on any atom is 0.327 e. The van der Waals surface area contributed by atoms with Crippen molar-refractivity contribution in [1.82, 2.24) is 15.2 Å². The van der Waals surface area contributed by atoms with Gasteiger partial charge in [0, 0.05) is 10.9 Å². The molecule has 2 amide bonds. The number of carbonyl (C=O) groups excluding carboxylic acids is 2. The van der Waals surface area contributed by atoms with Crippen molar-refractivity contribution >= 4 is 51.7 Å². The molecular formula is C17H21N5O5S2. The quantitative estimate of drug-likeness (QED) is 0.332. The van der Waals surface area contributed by atoms with E-state index in [1.165, 1.54) is 22.9 Å². The molecule has 4 rings (SSSR count). The van der Waals surface area contributed by atoms with Crippen molar-refractivity contribution in [3.8, 4) is 0 Å². The third-order valence-corrected chi connectivity index (χ3v) is 7.68. The number of rotatable bonds is 6. The minimum Gasteiger partial charge on any atom is -0.480 e. The zero-order valence-electron chi connectivity index (χ0n) is 15.8. The Hall–Kier alpha value is -2.34. The smallest absolute Gasteiger partial charge is 0.327 e. The molecule has 156 valence electrons. The van der Waals surface area contributed by atoms with E-state index in [0.29, 0.717) is 4.88 Å². The number of nitrogens with zero attached hydrogens (tertiary/aromatic N) is 3. The number of anilines is 1. The van der Waals surface area contributed by atoms with Crippen LogP contribution >= 0.6 is 23.1 Å². The van der Waals surface area contributed by atoms with E-state index in [1.807, 2.05) is 0 Å². The summed E-state index contributed by atoms with van der Waals surface area (Å²) in [4.78, 5) is 48.3. The summed E-state index contributed by atoms with van der Waals surface area (Å²) in [5.41, 5.74) is 5.68. The molecule has 1 aliphatic carbocycles. The van der Waals surface area contributed by atoms with E-state index in [0.717, 1.165) is 30.6 Å². The number of hydrogen-bond donors (Lipinski definition) is 3. The highest BCUT2D eigenvalue weighted by Gasteiger charge is 2.64. The van der Waals surface area contributed by atoms with Crippen molar-refractivity contribution in [3.63, 3.8) is 0 Å². The second kappa shape index (κ2) is 7.17. The van der Waals surface area contributed by atoms with Gasteiger partial charge in [0.2, 0.25) is 5.91 Å². The van der Waals surface area contributed by atoms with Gasteiger partial charge in [0.25, 0.3) is 5.91 Å². The molecule has 2 aliphatic heterocycles. The largest absolute Gasteiger partial charge is 0.480 e. The number of nitrogens with one attached hydrogen (secondary N) is 1. The van der Waals surface area contributed by atoms with Gasteiger partial charge in [-0.1, -0.05) is 16.5 Å². The number of carboxylic acids is 1. The molecule has 0 unspecified atom stereocenters. The van der Waals surface area contributed by atoms with Crippen molar-refractivity contribution in [1.29, 1.82) is 0 Å². The van der Waals surface area contributed by atoms with Crippen molar-refractivity contribution in [3.05, 3.63) is 11.1 Å². The molecule has 0 aromatic carbocycles. The number of aliphatic carboxylic acids is 1. The third-order valence-electron chi connectivity index (χ3n) is 5.28. The van der Waals surface area contributed by atoms with Crippen molar-refractivity contribution in [2.24, 2.45) is 5.16 Å². The summed E-state index contributed by atoms with van der Waals surface area (Å²) in [6, 6.07) is -1.76. The lowest BCUT2D eigenvalue weighted by Crippen LogP contribution is -2.71. The zero-order chi connectivity index (χ0) is 20.9. The maximum atomic E-state index is 12.9. The van der Waals surface area contributed by atoms with E-state index < -0.39 is 40.0 Å². The molecule has 1 saturated carbocycles. The van der Waals surface area contributed by atoms with Crippen LogP contribution in [0.1, 0.15) is 38.0 Å². The molecule has 3 heterocycles. The van der Waals surface area contributed by atoms with Gasteiger partial charge in [-0.05, 0) is 33.1 Å². The van der Waals surface area contributed by atoms with Crippen LogP contribution in [0.25, 0.3) is 0 Å². The lowest BCUT2D eigenvalue weighted by molar-refractivity contribution is -0.160. The Morgan fingerprint density at radius 2 is 2.17 bits per heavy atom. The summed E-state index contributed by atoms with van der Waals surface area (Å²) >= 11 is 2.45. The maximum absolute atomic E-state index is 12.9. The fraction of sp³-hybridized carbons (Fsp3) is 0.588. The Labute approximate surface area is 174 Å². The van der Waals surface area contributed by atoms with Gasteiger partial charge in [0.05, 0.1) is 4.88 Å². The second-order valence-corrected chi connectivity index (χ2v) is 10.5. The second-order valence-electron chi connectivity index (χ2n) is 7.71. The predicted octanol–water partition coefficient (Wildman–Crippen LogP) is 0.630. The Morgan fingerprint density at radius 1 is 1.45 bits per heavy atom. The molecule has 0 radical (unpaired) electrons. The van der Waals surface area contributed by atoms with Gasteiger partial charge in [-0.25, -0.2) is 9.78 Å². The van der Waals surface area contributed by atoms with Crippen LogP contribution in [0, 0.1) is 0 Å². The van der Waals surface area contributed by atoms with Crippen LogP contribution in [0.2, 0.25) is 0 Å². The monoisotopic (exact) mass is 439 g/mol. The molecule has 2 saturated heterocycles. The number of carbonyl (C=O) groups is 3. The van der Waals surface area contributed by atoms with Crippen molar-refractivity contribution in [2.75, 3.05) is 5.73 Å². The van der Waals surface area contributed by atoms with E-state index in [4.69, 9.17) is 10.6 Å². The van der Waals surface area contributed by atoms with Crippen LogP contribution in [-0.4, -0.2) is 66.8 Å². The van der Waals surface area contributed by atoms with E-state index >= 15 is 0 Å². The number of nitrogens with two attached hydrogens (primary N) is 1. The normalized spacial score (nSPS) is 28.3. The summed E-state index contributed by atoms with van der Waals surface area (Å²) in [6.45, 7) is 3.56. The number of oxime groups is 1. The Morgan fingerprint density at radius 3 is 2.72 bits per heavy atom. The summed E-state index contributed by atoms with van der Waals surface area (Å²) in [7, 11) is 0. The van der Waals surface area contributed by atoms with Gasteiger partial charge in [-0.3, -0.25) is 9.59 Å². The van der Waals surface area contributed by atoms with E-state index in [-0.39, 0.29) is 16.9 Å². The van der Waals surface area contributed by atoms with E-state index in [9.17, 15) is 19.5 Å².